The maximum absolute atomic E-state index is 10.9. The Morgan fingerprint density at radius 2 is 1.75 bits per heavy atom. The summed E-state index contributed by atoms with van der Waals surface area (Å²) in [5.41, 5.74) is 0. The van der Waals surface area contributed by atoms with Crippen LogP contribution in [0, 0.1) is 0 Å². The molecular weight excluding hydrogens is 255 g/mol. The summed E-state index contributed by atoms with van der Waals surface area (Å²) in [7, 11) is -4.28. The molecule has 4 nitrogen and oxygen atoms in total. The summed E-state index contributed by atoms with van der Waals surface area (Å²) in [5.74, 6) is -0.166. The third-order valence-corrected chi connectivity index (χ3v) is 2.94. The average molecular weight is 264 g/mol. The number of fused-ring (bicyclic) bond motifs is 1. The van der Waals surface area contributed by atoms with Gasteiger partial charge in [0.25, 0.3) is 10.1 Å². The van der Waals surface area contributed by atoms with Crippen LogP contribution in [-0.2, 0) is 10.1 Å². The summed E-state index contributed by atoms with van der Waals surface area (Å²) in [6.07, 6.45) is 0. The first-order valence-electron chi connectivity index (χ1n) is 4.18. The largest absolute Gasteiger partial charge is 1.00 e. The van der Waals surface area contributed by atoms with Gasteiger partial charge >= 0.3 is 51.4 Å². The van der Waals surface area contributed by atoms with Gasteiger partial charge in [0.05, 0.1) is 4.90 Å². The first kappa shape index (κ1) is 14.1. The van der Waals surface area contributed by atoms with Crippen LogP contribution in [0.2, 0.25) is 0 Å². The fourth-order valence-electron chi connectivity index (χ4n) is 1.41. The van der Waals surface area contributed by atoms with Crippen molar-refractivity contribution in [2.75, 3.05) is 0 Å². The van der Waals surface area contributed by atoms with E-state index in [2.05, 4.69) is 0 Å². The molecule has 0 aliphatic rings. The number of benzene rings is 2. The van der Waals surface area contributed by atoms with E-state index in [0.717, 1.165) is 6.07 Å². The zero-order chi connectivity index (χ0) is 11.1. The second-order valence-electron chi connectivity index (χ2n) is 3.14. The van der Waals surface area contributed by atoms with Gasteiger partial charge in [0.15, 0.2) is 0 Å². The summed E-state index contributed by atoms with van der Waals surface area (Å²) in [6, 6.07) is 9.11. The number of phenolic OH excluding ortho intramolecular Hbond substituents is 1. The van der Waals surface area contributed by atoms with Crippen LogP contribution >= 0.6 is 0 Å². The van der Waals surface area contributed by atoms with Crippen LogP contribution in [0.1, 0.15) is 1.43 Å². The van der Waals surface area contributed by atoms with E-state index in [4.69, 9.17) is 4.55 Å². The molecule has 16 heavy (non-hydrogen) atoms. The van der Waals surface area contributed by atoms with E-state index in [1.807, 2.05) is 0 Å². The summed E-state index contributed by atoms with van der Waals surface area (Å²) in [6.45, 7) is 0. The Morgan fingerprint density at radius 3 is 2.38 bits per heavy atom. The number of hydrogen-bond donors (Lipinski definition) is 2. The van der Waals surface area contributed by atoms with Crippen molar-refractivity contribution in [3.63, 3.8) is 0 Å². The van der Waals surface area contributed by atoms with Gasteiger partial charge in [0.1, 0.15) is 5.75 Å². The molecule has 0 aliphatic heterocycles. The molecule has 0 amide bonds. The van der Waals surface area contributed by atoms with E-state index in [1.54, 1.807) is 24.3 Å². The van der Waals surface area contributed by atoms with Crippen molar-refractivity contribution in [3.8, 4) is 5.75 Å². The van der Waals surface area contributed by atoms with Gasteiger partial charge in [-0.15, -0.1) is 0 Å². The molecule has 0 unspecified atom stereocenters. The molecule has 0 aliphatic carbocycles. The minimum Gasteiger partial charge on any atom is -1.00 e. The summed E-state index contributed by atoms with van der Waals surface area (Å²) in [4.78, 5) is -0.307. The summed E-state index contributed by atoms with van der Waals surface area (Å²) < 4.78 is 30.6. The monoisotopic (exact) mass is 264 g/mol. The van der Waals surface area contributed by atoms with Gasteiger partial charge in [-0.25, -0.2) is 0 Å². The van der Waals surface area contributed by atoms with E-state index in [0.29, 0.717) is 10.8 Å². The molecule has 0 saturated carbocycles. The third kappa shape index (κ3) is 2.83. The van der Waals surface area contributed by atoms with E-state index in [-0.39, 0.29) is 63.5 Å². The summed E-state index contributed by atoms with van der Waals surface area (Å²) >= 11 is 0. The molecule has 2 aromatic carbocycles. The number of aromatic hydroxyl groups is 1. The molecule has 0 atom stereocenters. The van der Waals surface area contributed by atoms with Gasteiger partial charge < -0.3 is 6.53 Å². The van der Waals surface area contributed by atoms with Crippen molar-refractivity contribution in [3.05, 3.63) is 36.4 Å². The molecule has 0 aromatic heterocycles. The molecule has 0 bridgehead atoms. The van der Waals surface area contributed by atoms with Crippen LogP contribution in [0.15, 0.2) is 41.3 Å². The number of rotatable bonds is 1. The first-order chi connectivity index (χ1) is 6.98. The zero-order valence-electron chi connectivity index (χ0n) is 9.58. The minimum atomic E-state index is -4.28. The smallest absolute Gasteiger partial charge is 1.00 e. The SMILES string of the molecule is O=S(=O)(O)c1cc(O)c2ccccc2c1.[H-].[K+]. The second-order valence-corrected chi connectivity index (χ2v) is 4.56. The van der Waals surface area contributed by atoms with E-state index < -0.39 is 10.1 Å². The Balaban J connectivity index is 0.00000128. The molecule has 0 fully saturated rings. The Kier molecular flexibility index (Phi) is 4.53. The van der Waals surface area contributed by atoms with E-state index in [9.17, 15) is 13.5 Å². The van der Waals surface area contributed by atoms with Gasteiger partial charge in [-0.2, -0.15) is 8.42 Å². The van der Waals surface area contributed by atoms with Crippen molar-refractivity contribution in [1.82, 2.24) is 0 Å². The molecule has 2 rings (SSSR count). The third-order valence-electron chi connectivity index (χ3n) is 2.11. The quantitative estimate of drug-likeness (QED) is 0.507. The van der Waals surface area contributed by atoms with Crippen LogP contribution in [0.4, 0.5) is 0 Å². The number of hydrogen-bond acceptors (Lipinski definition) is 3. The first-order valence-corrected chi connectivity index (χ1v) is 5.62. The van der Waals surface area contributed by atoms with Crippen molar-refractivity contribution in [2.45, 2.75) is 4.90 Å². The van der Waals surface area contributed by atoms with Gasteiger partial charge in [-0.05, 0) is 11.5 Å². The fourth-order valence-corrected chi connectivity index (χ4v) is 1.95. The number of phenols is 1. The molecule has 0 spiro atoms. The molecule has 2 N–H and O–H groups in total. The van der Waals surface area contributed by atoms with Gasteiger partial charge in [-0.1, -0.05) is 24.3 Å². The molecule has 0 saturated heterocycles. The average Bonchev–Trinajstić information content (AvgIpc) is 2.16. The molecule has 2 aromatic rings. The normalized spacial score (nSPS) is 11.1. The molecule has 6 heteroatoms. The Hall–Kier alpha value is 0.0464. The summed E-state index contributed by atoms with van der Waals surface area (Å²) in [5, 5.41) is 10.6. The standard InChI is InChI=1S/C10H8O4S.K.H/c11-10-6-8(15(12,13)14)5-7-3-1-2-4-9(7)10;;/h1-6,11H,(H,12,13,14);;/q;+1;-1. The molecule has 0 radical (unpaired) electrons. The predicted octanol–water partition coefficient (Wildman–Crippen LogP) is -1.09. The predicted molar refractivity (Wildman–Crippen MR) is 56.5 cm³/mol. The topological polar surface area (TPSA) is 74.6 Å². The second kappa shape index (κ2) is 5.13. The van der Waals surface area contributed by atoms with Gasteiger partial charge in [-0.3, -0.25) is 4.55 Å². The molecular formula is C10H9KO4S. The molecule has 0 heterocycles. The van der Waals surface area contributed by atoms with E-state index >= 15 is 0 Å². The van der Waals surface area contributed by atoms with Crippen LogP contribution < -0.4 is 51.4 Å². The van der Waals surface area contributed by atoms with E-state index in [1.165, 1.54) is 6.07 Å². The van der Waals surface area contributed by atoms with Crippen LogP contribution in [0.5, 0.6) is 5.75 Å². The van der Waals surface area contributed by atoms with Gasteiger partial charge in [0.2, 0.25) is 0 Å². The zero-order valence-corrected chi connectivity index (χ0v) is 12.5. The van der Waals surface area contributed by atoms with Crippen LogP contribution in [-0.4, -0.2) is 18.1 Å². The maximum atomic E-state index is 10.9. The van der Waals surface area contributed by atoms with Crippen molar-refractivity contribution < 1.29 is 70.9 Å². The Labute approximate surface area is 137 Å². The fraction of sp³-hybridized carbons (Fsp3) is 0. The van der Waals surface area contributed by atoms with Crippen LogP contribution in [0.25, 0.3) is 10.8 Å². The van der Waals surface area contributed by atoms with Crippen molar-refractivity contribution in [1.29, 1.82) is 0 Å². The van der Waals surface area contributed by atoms with Gasteiger partial charge in [0, 0.05) is 11.5 Å². The molecule has 80 valence electrons. The van der Waals surface area contributed by atoms with Crippen LogP contribution in [0.3, 0.4) is 0 Å². The maximum Gasteiger partial charge on any atom is 1.00 e. The van der Waals surface area contributed by atoms with Crippen molar-refractivity contribution >= 4 is 20.9 Å². The Morgan fingerprint density at radius 1 is 1.12 bits per heavy atom. The Bertz CT molecular complexity index is 627. The van der Waals surface area contributed by atoms with Crippen molar-refractivity contribution in [2.24, 2.45) is 0 Å². The minimum absolute atomic E-state index is 0.